The van der Waals surface area contributed by atoms with Gasteiger partial charge >= 0.3 is 6.03 Å². The predicted molar refractivity (Wildman–Crippen MR) is 97.4 cm³/mol. The average Bonchev–Trinajstić information content (AvgIpc) is 2.92. The Morgan fingerprint density at radius 3 is 2.68 bits per heavy atom. The molecule has 8 nitrogen and oxygen atoms in total. The molecule has 0 aromatic carbocycles. The van der Waals surface area contributed by atoms with Crippen molar-refractivity contribution in [2.24, 2.45) is 0 Å². The van der Waals surface area contributed by atoms with Gasteiger partial charge in [-0.05, 0) is 27.2 Å². The lowest BCUT2D eigenvalue weighted by Gasteiger charge is -2.10. The zero-order valence-electron chi connectivity index (χ0n) is 15.3. The van der Waals surface area contributed by atoms with Crippen LogP contribution in [-0.2, 0) is 0 Å². The summed E-state index contributed by atoms with van der Waals surface area (Å²) in [4.78, 5) is 31.1. The molecule has 25 heavy (non-hydrogen) atoms. The molecule has 2 rings (SSSR count). The first kappa shape index (κ1) is 18.7. The third-order valence-corrected chi connectivity index (χ3v) is 3.97. The van der Waals surface area contributed by atoms with E-state index >= 15 is 0 Å². The first-order valence-corrected chi connectivity index (χ1v) is 8.61. The molecule has 0 bridgehead atoms. The number of H-pyrrole nitrogens is 1. The molecule has 8 heteroatoms. The van der Waals surface area contributed by atoms with Gasteiger partial charge in [0.2, 0.25) is 5.95 Å². The van der Waals surface area contributed by atoms with Gasteiger partial charge in [0.15, 0.2) is 0 Å². The summed E-state index contributed by atoms with van der Waals surface area (Å²) >= 11 is 0. The van der Waals surface area contributed by atoms with Crippen LogP contribution in [0.15, 0.2) is 10.9 Å². The molecule has 0 spiro atoms. The zero-order valence-corrected chi connectivity index (χ0v) is 15.3. The second-order valence-corrected chi connectivity index (χ2v) is 6.12. The van der Waals surface area contributed by atoms with Crippen molar-refractivity contribution < 1.29 is 4.79 Å². The highest BCUT2D eigenvalue weighted by molar-refractivity contribution is 5.88. The summed E-state index contributed by atoms with van der Waals surface area (Å²) in [7, 11) is 0. The van der Waals surface area contributed by atoms with Gasteiger partial charge in [-0.2, -0.15) is 9.78 Å². The maximum Gasteiger partial charge on any atom is 0.320 e. The molecular weight excluding hydrogens is 320 g/mol. The highest BCUT2D eigenvalue weighted by Crippen LogP contribution is 2.14. The van der Waals surface area contributed by atoms with Gasteiger partial charge in [0, 0.05) is 23.9 Å². The number of rotatable bonds is 7. The molecular formula is C17H26N6O2. The van der Waals surface area contributed by atoms with Crippen LogP contribution in [0.25, 0.3) is 5.95 Å². The van der Waals surface area contributed by atoms with Crippen LogP contribution < -0.4 is 16.2 Å². The number of urea groups is 1. The molecule has 2 amide bonds. The number of amides is 2. The maximum atomic E-state index is 12.1. The van der Waals surface area contributed by atoms with Gasteiger partial charge in [-0.1, -0.05) is 26.2 Å². The van der Waals surface area contributed by atoms with E-state index in [1.165, 1.54) is 11.1 Å². The van der Waals surface area contributed by atoms with Crippen LogP contribution in [0.3, 0.4) is 0 Å². The molecule has 0 radical (unpaired) electrons. The number of aryl methyl sites for hydroxylation is 2. The van der Waals surface area contributed by atoms with Crippen molar-refractivity contribution in [1.29, 1.82) is 0 Å². The number of aromatic nitrogens is 4. The lowest BCUT2D eigenvalue weighted by Crippen LogP contribution is -2.30. The number of hydrogen-bond donors (Lipinski definition) is 3. The van der Waals surface area contributed by atoms with Crippen molar-refractivity contribution in [2.45, 2.75) is 53.4 Å². The van der Waals surface area contributed by atoms with Crippen molar-refractivity contribution in [1.82, 2.24) is 25.1 Å². The minimum atomic E-state index is -0.302. The van der Waals surface area contributed by atoms with Crippen LogP contribution in [0, 0.1) is 20.8 Å². The molecule has 0 fully saturated rings. The van der Waals surface area contributed by atoms with Crippen LogP contribution in [0.1, 0.15) is 49.6 Å². The number of nitrogens with zero attached hydrogens (tertiary/aromatic N) is 3. The zero-order chi connectivity index (χ0) is 18.4. The normalized spacial score (nSPS) is 10.7. The Labute approximate surface area is 147 Å². The molecule has 3 N–H and O–H groups in total. The number of nitrogens with one attached hydrogen (secondary N) is 3. The fourth-order valence-electron chi connectivity index (χ4n) is 2.39. The number of carbonyl (C=O) groups is 1. The van der Waals surface area contributed by atoms with Crippen molar-refractivity contribution in [3.8, 4) is 5.95 Å². The van der Waals surface area contributed by atoms with E-state index in [0.29, 0.717) is 29.3 Å². The second-order valence-electron chi connectivity index (χ2n) is 6.12. The molecule has 2 aromatic heterocycles. The largest absolute Gasteiger partial charge is 0.338 e. The number of aromatic amines is 1. The fourth-order valence-corrected chi connectivity index (χ4v) is 2.39. The van der Waals surface area contributed by atoms with Gasteiger partial charge < -0.3 is 5.32 Å². The van der Waals surface area contributed by atoms with E-state index in [-0.39, 0.29) is 17.5 Å². The van der Waals surface area contributed by atoms with Crippen molar-refractivity contribution in [3.63, 3.8) is 0 Å². The van der Waals surface area contributed by atoms with Crippen LogP contribution in [0.2, 0.25) is 0 Å². The fraction of sp³-hybridized carbons (Fsp3) is 0.529. The standard InChI is InChI=1S/C17H26N6O2/c1-5-6-7-8-9-18-17(25)20-14-10-11(2)22-23(14)16-19-13(4)12(3)15(24)21-16/h10H,5-9H2,1-4H3,(H2,18,20,25)(H,19,21,24). The van der Waals surface area contributed by atoms with E-state index in [2.05, 4.69) is 32.6 Å². The Bertz CT molecular complexity index is 793. The molecule has 0 unspecified atom stereocenters. The first-order valence-electron chi connectivity index (χ1n) is 8.61. The molecule has 0 atom stereocenters. The average molecular weight is 346 g/mol. The van der Waals surface area contributed by atoms with Gasteiger partial charge in [0.25, 0.3) is 5.56 Å². The van der Waals surface area contributed by atoms with Crippen molar-refractivity contribution in [3.05, 3.63) is 33.4 Å². The monoisotopic (exact) mass is 346 g/mol. The van der Waals surface area contributed by atoms with E-state index in [9.17, 15) is 9.59 Å². The van der Waals surface area contributed by atoms with E-state index in [4.69, 9.17) is 0 Å². The Kier molecular flexibility index (Phi) is 6.32. The summed E-state index contributed by atoms with van der Waals surface area (Å²) in [5.41, 5.74) is 1.67. The summed E-state index contributed by atoms with van der Waals surface area (Å²) < 4.78 is 1.43. The van der Waals surface area contributed by atoms with Gasteiger partial charge in [-0.15, -0.1) is 0 Å². The molecule has 0 saturated heterocycles. The SMILES string of the molecule is CCCCCCNC(=O)Nc1cc(C)nn1-c1nc(C)c(C)c(=O)[nH]1. The van der Waals surface area contributed by atoms with Crippen LogP contribution in [0.4, 0.5) is 10.6 Å². The molecule has 0 aliphatic heterocycles. The Balaban J connectivity index is 2.11. The van der Waals surface area contributed by atoms with Gasteiger partial charge in [0.05, 0.1) is 5.69 Å². The van der Waals surface area contributed by atoms with Crippen molar-refractivity contribution in [2.75, 3.05) is 11.9 Å². The van der Waals surface area contributed by atoms with Gasteiger partial charge in [-0.3, -0.25) is 15.1 Å². The summed E-state index contributed by atoms with van der Waals surface area (Å²) in [6.07, 6.45) is 4.38. The lowest BCUT2D eigenvalue weighted by molar-refractivity contribution is 0.251. The Morgan fingerprint density at radius 1 is 1.24 bits per heavy atom. The van der Waals surface area contributed by atoms with Crippen molar-refractivity contribution >= 4 is 11.8 Å². The highest BCUT2D eigenvalue weighted by atomic mass is 16.2. The maximum absolute atomic E-state index is 12.1. The Hall–Kier alpha value is -2.64. The lowest BCUT2D eigenvalue weighted by atomic mass is 10.2. The third-order valence-electron chi connectivity index (χ3n) is 3.97. The number of carbonyl (C=O) groups excluding carboxylic acids is 1. The minimum Gasteiger partial charge on any atom is -0.338 e. The molecule has 136 valence electrons. The van der Waals surface area contributed by atoms with Gasteiger partial charge in [-0.25, -0.2) is 9.78 Å². The van der Waals surface area contributed by atoms with Gasteiger partial charge in [0.1, 0.15) is 5.82 Å². The van der Waals surface area contributed by atoms with Crippen LogP contribution >= 0.6 is 0 Å². The first-order chi connectivity index (χ1) is 11.9. The predicted octanol–water partition coefficient (Wildman–Crippen LogP) is 2.58. The van der Waals surface area contributed by atoms with E-state index in [0.717, 1.165) is 19.3 Å². The molecule has 0 aliphatic carbocycles. The summed E-state index contributed by atoms with van der Waals surface area (Å²) in [6.45, 7) is 8.06. The number of hydrogen-bond acceptors (Lipinski definition) is 4. The molecule has 0 aliphatic rings. The van der Waals surface area contributed by atoms with E-state index in [1.807, 2.05) is 6.92 Å². The smallest absolute Gasteiger partial charge is 0.320 e. The Morgan fingerprint density at radius 2 is 2.00 bits per heavy atom. The highest BCUT2D eigenvalue weighted by Gasteiger charge is 2.14. The topological polar surface area (TPSA) is 105 Å². The quantitative estimate of drug-likeness (QED) is 0.670. The molecule has 0 saturated carbocycles. The number of unbranched alkanes of at least 4 members (excludes halogenated alkanes) is 3. The summed E-state index contributed by atoms with van der Waals surface area (Å²) in [5, 5.41) is 9.90. The minimum absolute atomic E-state index is 0.220. The molecule has 2 heterocycles. The van der Waals surface area contributed by atoms with E-state index < -0.39 is 0 Å². The van der Waals surface area contributed by atoms with E-state index in [1.54, 1.807) is 19.9 Å². The number of anilines is 1. The van der Waals surface area contributed by atoms with Crippen LogP contribution in [0.5, 0.6) is 0 Å². The summed E-state index contributed by atoms with van der Waals surface area (Å²) in [5.74, 6) is 0.731. The summed E-state index contributed by atoms with van der Waals surface area (Å²) in [6, 6.07) is 1.43. The molecule has 2 aromatic rings. The third kappa shape index (κ3) is 4.91. The van der Waals surface area contributed by atoms with Crippen LogP contribution in [-0.4, -0.2) is 32.3 Å². The second kappa shape index (κ2) is 8.46.